The molecule has 3 rings (SSSR count). The van der Waals surface area contributed by atoms with E-state index in [9.17, 15) is 4.79 Å². The summed E-state index contributed by atoms with van der Waals surface area (Å²) in [6, 6.07) is 0.517. The van der Waals surface area contributed by atoms with Crippen LogP contribution in [0, 0.1) is 0 Å². The molecule has 0 bridgehead atoms. The van der Waals surface area contributed by atoms with Crippen LogP contribution in [-0.4, -0.2) is 44.8 Å². The molecular weight excluding hydrogens is 276 g/mol. The molecule has 1 saturated heterocycles. The van der Waals surface area contributed by atoms with Gasteiger partial charge in [-0.2, -0.15) is 0 Å². The van der Waals surface area contributed by atoms with Crippen molar-refractivity contribution in [1.29, 1.82) is 0 Å². The molecule has 0 unspecified atom stereocenters. The van der Waals surface area contributed by atoms with Crippen molar-refractivity contribution in [3.05, 3.63) is 23.3 Å². The van der Waals surface area contributed by atoms with Gasteiger partial charge in [-0.15, -0.1) is 0 Å². The number of hydrogen-bond acceptors (Lipinski definition) is 4. The number of hydrogen-bond donors (Lipinski definition) is 0. The van der Waals surface area contributed by atoms with E-state index in [1.54, 1.807) is 0 Å². The standard InChI is InChI=1S/C17H26N4O/c1-3-16-18-10-14-11-21(12-15(14)19-16)17(22)7-6-13(2)20-8-4-5-9-20/h10,13H,3-9,11-12H2,1-2H3/t13-/m1/s1. The summed E-state index contributed by atoms with van der Waals surface area (Å²) in [5, 5.41) is 0. The molecule has 3 heterocycles. The van der Waals surface area contributed by atoms with Crippen LogP contribution in [0.3, 0.4) is 0 Å². The van der Waals surface area contributed by atoms with Crippen molar-refractivity contribution in [3.63, 3.8) is 0 Å². The van der Waals surface area contributed by atoms with Crippen LogP contribution in [0.5, 0.6) is 0 Å². The summed E-state index contributed by atoms with van der Waals surface area (Å²) >= 11 is 0. The molecule has 0 spiro atoms. The summed E-state index contributed by atoms with van der Waals surface area (Å²) in [6.45, 7) is 8.02. The maximum Gasteiger partial charge on any atom is 0.223 e. The lowest BCUT2D eigenvalue weighted by Crippen LogP contribution is -2.32. The fourth-order valence-corrected chi connectivity index (χ4v) is 3.40. The number of carbonyl (C=O) groups excluding carboxylic acids is 1. The number of fused-ring (bicyclic) bond motifs is 1. The van der Waals surface area contributed by atoms with E-state index in [0.717, 1.165) is 29.9 Å². The van der Waals surface area contributed by atoms with Crippen LogP contribution in [0.1, 0.15) is 56.6 Å². The molecule has 1 aromatic rings. The Bertz CT molecular complexity index is 539. The molecule has 0 saturated carbocycles. The van der Waals surface area contributed by atoms with E-state index in [0.29, 0.717) is 25.6 Å². The summed E-state index contributed by atoms with van der Waals surface area (Å²) in [7, 11) is 0. The minimum absolute atomic E-state index is 0.252. The Hall–Kier alpha value is -1.49. The van der Waals surface area contributed by atoms with Crippen molar-refractivity contribution < 1.29 is 4.79 Å². The first-order valence-electron chi connectivity index (χ1n) is 8.53. The quantitative estimate of drug-likeness (QED) is 0.836. The maximum atomic E-state index is 12.4. The van der Waals surface area contributed by atoms with Crippen LogP contribution in [0.25, 0.3) is 0 Å². The van der Waals surface area contributed by atoms with Gasteiger partial charge in [-0.05, 0) is 39.3 Å². The van der Waals surface area contributed by atoms with E-state index < -0.39 is 0 Å². The topological polar surface area (TPSA) is 49.3 Å². The van der Waals surface area contributed by atoms with Gasteiger partial charge in [0.25, 0.3) is 0 Å². The fourth-order valence-electron chi connectivity index (χ4n) is 3.40. The highest BCUT2D eigenvalue weighted by atomic mass is 16.2. The van der Waals surface area contributed by atoms with Gasteiger partial charge in [-0.3, -0.25) is 4.79 Å². The van der Waals surface area contributed by atoms with Gasteiger partial charge < -0.3 is 9.80 Å². The van der Waals surface area contributed by atoms with E-state index in [1.165, 1.54) is 25.9 Å². The van der Waals surface area contributed by atoms with Crippen LogP contribution >= 0.6 is 0 Å². The summed E-state index contributed by atoms with van der Waals surface area (Å²) < 4.78 is 0. The predicted molar refractivity (Wildman–Crippen MR) is 85.2 cm³/mol. The zero-order valence-electron chi connectivity index (χ0n) is 13.7. The Balaban J connectivity index is 1.51. The van der Waals surface area contributed by atoms with Crippen molar-refractivity contribution in [1.82, 2.24) is 19.8 Å². The van der Waals surface area contributed by atoms with Crippen molar-refractivity contribution in [3.8, 4) is 0 Å². The molecule has 1 amide bonds. The van der Waals surface area contributed by atoms with Gasteiger partial charge in [0.15, 0.2) is 0 Å². The highest BCUT2D eigenvalue weighted by molar-refractivity contribution is 5.76. The van der Waals surface area contributed by atoms with Gasteiger partial charge in [0.1, 0.15) is 5.82 Å². The number of nitrogens with zero attached hydrogens (tertiary/aromatic N) is 4. The number of aryl methyl sites for hydroxylation is 1. The molecule has 2 aliphatic rings. The molecule has 5 nitrogen and oxygen atoms in total. The van der Waals surface area contributed by atoms with Gasteiger partial charge >= 0.3 is 0 Å². The monoisotopic (exact) mass is 302 g/mol. The Morgan fingerprint density at radius 3 is 2.82 bits per heavy atom. The van der Waals surface area contributed by atoms with Crippen LogP contribution < -0.4 is 0 Å². The van der Waals surface area contributed by atoms with E-state index in [1.807, 2.05) is 11.1 Å². The lowest BCUT2D eigenvalue weighted by molar-refractivity contribution is -0.132. The van der Waals surface area contributed by atoms with E-state index >= 15 is 0 Å². The van der Waals surface area contributed by atoms with Gasteiger partial charge in [0, 0.05) is 37.2 Å². The van der Waals surface area contributed by atoms with Gasteiger partial charge in [0.05, 0.1) is 12.2 Å². The third-order valence-electron chi connectivity index (χ3n) is 4.91. The third-order valence-corrected chi connectivity index (χ3v) is 4.91. The van der Waals surface area contributed by atoms with Crippen molar-refractivity contribution in [2.75, 3.05) is 13.1 Å². The van der Waals surface area contributed by atoms with Crippen molar-refractivity contribution in [2.24, 2.45) is 0 Å². The molecule has 5 heteroatoms. The Kier molecular flexibility index (Phi) is 4.71. The highest BCUT2D eigenvalue weighted by Gasteiger charge is 2.26. The number of carbonyl (C=O) groups is 1. The average Bonchev–Trinajstić information content (AvgIpc) is 3.20. The lowest BCUT2D eigenvalue weighted by Gasteiger charge is -2.24. The minimum atomic E-state index is 0.252. The first-order chi connectivity index (χ1) is 10.7. The number of likely N-dealkylation sites (tertiary alicyclic amines) is 1. The second kappa shape index (κ2) is 6.73. The fraction of sp³-hybridized carbons (Fsp3) is 0.706. The molecule has 0 aliphatic carbocycles. The van der Waals surface area contributed by atoms with Crippen molar-refractivity contribution >= 4 is 5.91 Å². The normalized spacial score (nSPS) is 19.5. The van der Waals surface area contributed by atoms with Crippen LogP contribution in [0.2, 0.25) is 0 Å². The van der Waals surface area contributed by atoms with Gasteiger partial charge in [0.2, 0.25) is 5.91 Å². The number of aromatic nitrogens is 2. The second-order valence-electron chi connectivity index (χ2n) is 6.49. The predicted octanol–water partition coefficient (Wildman–Crippen LogP) is 2.15. The van der Waals surface area contributed by atoms with E-state index in [2.05, 4.69) is 28.7 Å². The highest BCUT2D eigenvalue weighted by Crippen LogP contribution is 2.22. The van der Waals surface area contributed by atoms with E-state index in [-0.39, 0.29) is 5.91 Å². The molecule has 1 fully saturated rings. The summed E-state index contributed by atoms with van der Waals surface area (Å²) in [5.74, 6) is 1.12. The molecule has 1 aromatic heterocycles. The van der Waals surface area contributed by atoms with Crippen molar-refractivity contribution in [2.45, 2.75) is 65.1 Å². The number of amides is 1. The SMILES string of the molecule is CCc1ncc2c(n1)CN(C(=O)CC[C@@H](C)N1CCCC1)C2. The zero-order valence-corrected chi connectivity index (χ0v) is 13.7. The van der Waals surface area contributed by atoms with Crippen LogP contribution in [0.4, 0.5) is 0 Å². The Morgan fingerprint density at radius 2 is 2.09 bits per heavy atom. The van der Waals surface area contributed by atoms with Gasteiger partial charge in [-0.25, -0.2) is 9.97 Å². The smallest absolute Gasteiger partial charge is 0.223 e. The van der Waals surface area contributed by atoms with E-state index in [4.69, 9.17) is 0 Å². The molecule has 2 aliphatic heterocycles. The van der Waals surface area contributed by atoms with Crippen LogP contribution in [-0.2, 0) is 24.3 Å². The summed E-state index contributed by atoms with van der Waals surface area (Å²) in [6.07, 6.45) is 6.93. The molecule has 0 aromatic carbocycles. The Labute approximate surface area is 132 Å². The zero-order chi connectivity index (χ0) is 15.5. The second-order valence-corrected chi connectivity index (χ2v) is 6.49. The first kappa shape index (κ1) is 15.4. The largest absolute Gasteiger partial charge is 0.332 e. The minimum Gasteiger partial charge on any atom is -0.332 e. The van der Waals surface area contributed by atoms with Gasteiger partial charge in [-0.1, -0.05) is 6.92 Å². The summed E-state index contributed by atoms with van der Waals surface area (Å²) in [4.78, 5) is 25.8. The molecule has 120 valence electrons. The molecule has 0 N–H and O–H groups in total. The third kappa shape index (κ3) is 3.29. The van der Waals surface area contributed by atoms with Crippen LogP contribution in [0.15, 0.2) is 6.20 Å². The average molecular weight is 302 g/mol. The maximum absolute atomic E-state index is 12.4. The molecule has 22 heavy (non-hydrogen) atoms. The number of rotatable bonds is 5. The molecular formula is C17H26N4O. The first-order valence-corrected chi connectivity index (χ1v) is 8.53. The summed E-state index contributed by atoms with van der Waals surface area (Å²) in [5.41, 5.74) is 2.14. The molecule has 0 radical (unpaired) electrons. The molecule has 1 atom stereocenters. The Morgan fingerprint density at radius 1 is 1.32 bits per heavy atom. The lowest BCUT2D eigenvalue weighted by atomic mass is 10.1.